The summed E-state index contributed by atoms with van der Waals surface area (Å²) in [6, 6.07) is 0. The van der Waals surface area contributed by atoms with E-state index in [4.69, 9.17) is 10.0 Å². The topological polar surface area (TPSA) is 40.5 Å². The zero-order valence-electron chi connectivity index (χ0n) is 11.9. The van der Waals surface area contributed by atoms with E-state index < -0.39 is 7.12 Å². The summed E-state index contributed by atoms with van der Waals surface area (Å²) in [4.78, 5) is 0. The first-order chi connectivity index (χ1) is 8.73. The van der Waals surface area contributed by atoms with E-state index in [1.165, 1.54) is 0 Å². The quantitative estimate of drug-likeness (QED) is 0.761. The Morgan fingerprint density at radius 2 is 1.68 bits per heavy atom. The molecular formula is C16H21BO2. The molecule has 0 amide bonds. The van der Waals surface area contributed by atoms with Crippen LogP contribution in [0.15, 0.2) is 71.8 Å². The Hall–Kier alpha value is -1.58. The Kier molecular flexibility index (Phi) is 4.56. The van der Waals surface area contributed by atoms with Gasteiger partial charge in [0, 0.05) is 5.41 Å². The molecule has 1 aliphatic rings. The highest BCUT2D eigenvalue weighted by Crippen LogP contribution is 2.52. The van der Waals surface area contributed by atoms with Gasteiger partial charge in [-0.15, -0.1) is 0 Å². The fraction of sp³-hybridized carbons (Fsp3) is 0.250. The highest BCUT2D eigenvalue weighted by Gasteiger charge is 2.39. The maximum Gasteiger partial charge on any atom is 0.487 e. The molecule has 0 aromatic heterocycles. The van der Waals surface area contributed by atoms with Crippen molar-refractivity contribution in [3.05, 3.63) is 71.8 Å². The molecule has 0 heterocycles. The summed E-state index contributed by atoms with van der Waals surface area (Å²) in [6.07, 6.45) is 7.63. The highest BCUT2D eigenvalue weighted by atomic mass is 16.4. The van der Waals surface area contributed by atoms with Crippen LogP contribution in [0.1, 0.15) is 20.8 Å². The summed E-state index contributed by atoms with van der Waals surface area (Å²) in [5.74, 6) is 0. The van der Waals surface area contributed by atoms with Gasteiger partial charge in [-0.2, -0.15) is 0 Å². The largest absolute Gasteiger partial charge is 0.487 e. The van der Waals surface area contributed by atoms with Crippen molar-refractivity contribution in [3.63, 3.8) is 0 Å². The van der Waals surface area contributed by atoms with Gasteiger partial charge in [-0.05, 0) is 34.7 Å². The molecule has 2 N–H and O–H groups in total. The van der Waals surface area contributed by atoms with Gasteiger partial charge >= 0.3 is 7.12 Å². The molecule has 0 atom stereocenters. The molecule has 0 spiro atoms. The molecule has 3 heteroatoms. The summed E-state index contributed by atoms with van der Waals surface area (Å²) in [6.45, 7) is 17.8. The molecule has 19 heavy (non-hydrogen) atoms. The van der Waals surface area contributed by atoms with Crippen molar-refractivity contribution in [2.45, 2.75) is 20.8 Å². The van der Waals surface area contributed by atoms with E-state index in [1.807, 2.05) is 25.2 Å². The monoisotopic (exact) mass is 256 g/mol. The van der Waals surface area contributed by atoms with E-state index in [0.29, 0.717) is 0 Å². The van der Waals surface area contributed by atoms with Crippen LogP contribution < -0.4 is 0 Å². The van der Waals surface area contributed by atoms with Crippen molar-refractivity contribution < 1.29 is 10.0 Å². The maximum absolute atomic E-state index is 9.14. The number of hydrogen-bond acceptors (Lipinski definition) is 2. The fourth-order valence-electron chi connectivity index (χ4n) is 2.25. The van der Waals surface area contributed by atoms with Crippen molar-refractivity contribution in [2.24, 2.45) is 5.41 Å². The standard InChI is InChI=1S/C16H21BO2/c1-7-8-9-14-12(3)13(4)15(16(14,5)6)10-11(2)17(18)19/h7-10,18-19H,2-4H2,1,5-6H3/b8-7-,14-9+,15-10+. The molecule has 1 fully saturated rings. The minimum atomic E-state index is -1.55. The lowest BCUT2D eigenvalue weighted by atomic mass is 9.75. The van der Waals surface area contributed by atoms with Crippen LogP contribution in [0.3, 0.4) is 0 Å². The van der Waals surface area contributed by atoms with E-state index in [0.717, 1.165) is 22.3 Å². The summed E-state index contributed by atoms with van der Waals surface area (Å²) in [7, 11) is -1.55. The molecular weight excluding hydrogens is 235 g/mol. The van der Waals surface area contributed by atoms with E-state index in [1.54, 1.807) is 6.08 Å². The Balaban J connectivity index is 3.34. The summed E-state index contributed by atoms with van der Waals surface area (Å²) in [5.41, 5.74) is 3.70. The second-order valence-corrected chi connectivity index (χ2v) is 5.19. The molecule has 100 valence electrons. The Morgan fingerprint density at radius 3 is 2.16 bits per heavy atom. The van der Waals surface area contributed by atoms with Gasteiger partial charge in [0.05, 0.1) is 0 Å². The second-order valence-electron chi connectivity index (χ2n) is 5.19. The predicted molar refractivity (Wildman–Crippen MR) is 82.4 cm³/mol. The van der Waals surface area contributed by atoms with Crippen LogP contribution in [0.2, 0.25) is 0 Å². The SMILES string of the molecule is C=C(/C=C1\C(=C)C(=C)/C(=C\C=C/C)C1(C)C)B(O)O. The average Bonchev–Trinajstić information content (AvgIpc) is 2.48. The third kappa shape index (κ3) is 2.88. The summed E-state index contributed by atoms with van der Waals surface area (Å²) < 4.78 is 0. The zero-order chi connectivity index (χ0) is 14.8. The van der Waals surface area contributed by atoms with Crippen LogP contribution in [-0.4, -0.2) is 17.2 Å². The maximum atomic E-state index is 9.14. The van der Waals surface area contributed by atoms with Crippen LogP contribution in [0.25, 0.3) is 0 Å². The number of hydrogen-bond donors (Lipinski definition) is 2. The molecule has 1 saturated carbocycles. The smallest absolute Gasteiger partial charge is 0.423 e. The van der Waals surface area contributed by atoms with Gasteiger partial charge < -0.3 is 10.0 Å². The van der Waals surface area contributed by atoms with E-state index in [9.17, 15) is 0 Å². The molecule has 0 aliphatic heterocycles. The molecule has 2 nitrogen and oxygen atoms in total. The van der Waals surface area contributed by atoms with Crippen molar-refractivity contribution in [1.29, 1.82) is 0 Å². The van der Waals surface area contributed by atoms with Crippen LogP contribution in [0.5, 0.6) is 0 Å². The van der Waals surface area contributed by atoms with E-state index >= 15 is 0 Å². The van der Waals surface area contributed by atoms with Crippen molar-refractivity contribution in [2.75, 3.05) is 0 Å². The summed E-state index contributed by atoms with van der Waals surface area (Å²) >= 11 is 0. The minimum absolute atomic E-state index is 0.254. The molecule has 0 saturated heterocycles. The molecule has 0 radical (unpaired) electrons. The minimum Gasteiger partial charge on any atom is -0.423 e. The second kappa shape index (κ2) is 5.60. The van der Waals surface area contributed by atoms with Crippen LogP contribution >= 0.6 is 0 Å². The van der Waals surface area contributed by atoms with Crippen molar-refractivity contribution in [1.82, 2.24) is 0 Å². The van der Waals surface area contributed by atoms with Crippen LogP contribution in [0.4, 0.5) is 0 Å². The van der Waals surface area contributed by atoms with Gasteiger partial charge in [0.1, 0.15) is 0 Å². The van der Waals surface area contributed by atoms with Gasteiger partial charge in [0.2, 0.25) is 0 Å². The highest BCUT2D eigenvalue weighted by molar-refractivity contribution is 6.51. The molecule has 0 bridgehead atoms. The lowest BCUT2D eigenvalue weighted by molar-refractivity contribution is 0.420. The Labute approximate surface area is 116 Å². The number of allylic oxidation sites excluding steroid dienone is 9. The molecule has 1 rings (SSSR count). The first-order valence-corrected chi connectivity index (χ1v) is 6.23. The first kappa shape index (κ1) is 15.5. The molecule has 0 unspecified atom stereocenters. The van der Waals surface area contributed by atoms with Gasteiger partial charge in [0.15, 0.2) is 0 Å². The van der Waals surface area contributed by atoms with Crippen molar-refractivity contribution >= 4 is 7.12 Å². The average molecular weight is 256 g/mol. The van der Waals surface area contributed by atoms with Crippen molar-refractivity contribution in [3.8, 4) is 0 Å². The number of rotatable bonds is 3. The first-order valence-electron chi connectivity index (χ1n) is 6.23. The van der Waals surface area contributed by atoms with Gasteiger partial charge in [0.25, 0.3) is 0 Å². The third-order valence-electron chi connectivity index (χ3n) is 3.48. The Bertz CT molecular complexity index is 517. The molecule has 1 aliphatic carbocycles. The zero-order valence-corrected chi connectivity index (χ0v) is 11.9. The third-order valence-corrected chi connectivity index (χ3v) is 3.48. The van der Waals surface area contributed by atoms with Gasteiger partial charge in [-0.1, -0.05) is 57.9 Å². The normalized spacial score (nSPS) is 22.8. The fourth-order valence-corrected chi connectivity index (χ4v) is 2.25. The van der Waals surface area contributed by atoms with Crippen LogP contribution in [0, 0.1) is 5.41 Å². The van der Waals surface area contributed by atoms with E-state index in [2.05, 4.69) is 33.6 Å². The summed E-state index contributed by atoms with van der Waals surface area (Å²) in [5, 5.41) is 18.3. The van der Waals surface area contributed by atoms with Crippen LogP contribution in [-0.2, 0) is 0 Å². The van der Waals surface area contributed by atoms with Gasteiger partial charge in [-0.3, -0.25) is 0 Å². The van der Waals surface area contributed by atoms with Gasteiger partial charge in [-0.25, -0.2) is 0 Å². The predicted octanol–water partition coefficient (Wildman–Crippen LogP) is 3.14. The van der Waals surface area contributed by atoms with E-state index in [-0.39, 0.29) is 10.9 Å². The Morgan fingerprint density at radius 1 is 1.16 bits per heavy atom. The lowest BCUT2D eigenvalue weighted by Gasteiger charge is -2.22. The molecule has 0 aromatic carbocycles. The lowest BCUT2D eigenvalue weighted by Crippen LogP contribution is -2.16. The molecule has 0 aromatic rings.